The first-order chi connectivity index (χ1) is 10.1. The van der Waals surface area contributed by atoms with Crippen LogP contribution in [0, 0.1) is 17.0 Å². The van der Waals surface area contributed by atoms with Crippen LogP contribution in [0.4, 0.5) is 5.69 Å². The number of nitrogens with two attached hydrogens (primary N) is 1. The van der Waals surface area contributed by atoms with Gasteiger partial charge in [0.15, 0.2) is 0 Å². The molecule has 112 valence electrons. The number of nitrogens with zero attached hydrogens (tertiary/aromatic N) is 3. The van der Waals surface area contributed by atoms with Crippen LogP contribution < -0.4 is 5.73 Å². The van der Waals surface area contributed by atoms with Gasteiger partial charge >= 0.3 is 0 Å². The largest absolute Gasteiger partial charge is 0.339 e. The first-order valence-electron chi connectivity index (χ1n) is 6.90. The van der Waals surface area contributed by atoms with Crippen molar-refractivity contribution in [2.75, 3.05) is 6.54 Å². The Morgan fingerprint density at radius 2 is 2.14 bits per heavy atom. The first-order valence-corrected chi connectivity index (χ1v) is 6.90. The van der Waals surface area contributed by atoms with Crippen molar-refractivity contribution in [1.29, 1.82) is 0 Å². The number of aromatic nitrogens is 2. The van der Waals surface area contributed by atoms with E-state index in [0.717, 1.165) is 24.8 Å². The number of unbranched alkanes of at least 4 members (excludes halogenated alkanes) is 2. The molecule has 0 amide bonds. The van der Waals surface area contributed by atoms with Gasteiger partial charge in [-0.05, 0) is 31.9 Å². The molecule has 1 aromatic heterocycles. The van der Waals surface area contributed by atoms with Crippen molar-refractivity contribution in [1.82, 2.24) is 10.1 Å². The molecule has 2 rings (SSSR count). The molecule has 0 bridgehead atoms. The van der Waals surface area contributed by atoms with Gasteiger partial charge in [-0.15, -0.1) is 0 Å². The van der Waals surface area contributed by atoms with Gasteiger partial charge in [-0.1, -0.05) is 17.6 Å². The van der Waals surface area contributed by atoms with Crippen LogP contribution in [0.2, 0.25) is 0 Å². The van der Waals surface area contributed by atoms with Crippen molar-refractivity contribution in [3.05, 3.63) is 39.8 Å². The van der Waals surface area contributed by atoms with Gasteiger partial charge in [0.1, 0.15) is 0 Å². The van der Waals surface area contributed by atoms with Gasteiger partial charge in [-0.25, -0.2) is 0 Å². The van der Waals surface area contributed by atoms with Gasteiger partial charge in [0.25, 0.3) is 5.69 Å². The predicted octanol–water partition coefficient (Wildman–Crippen LogP) is 2.62. The molecule has 0 radical (unpaired) electrons. The molecule has 0 unspecified atom stereocenters. The lowest BCUT2D eigenvalue weighted by molar-refractivity contribution is -0.384. The summed E-state index contributed by atoms with van der Waals surface area (Å²) in [5.41, 5.74) is 6.95. The SMILES string of the molecule is Cc1ccc([N+](=O)[O-])cc1-c1noc(CCCCCN)n1. The molecule has 0 saturated carbocycles. The third kappa shape index (κ3) is 3.85. The molecule has 7 nitrogen and oxygen atoms in total. The van der Waals surface area contributed by atoms with Gasteiger partial charge in [0, 0.05) is 24.1 Å². The van der Waals surface area contributed by atoms with Crippen LogP contribution >= 0.6 is 0 Å². The van der Waals surface area contributed by atoms with Gasteiger partial charge < -0.3 is 10.3 Å². The second-order valence-corrected chi connectivity index (χ2v) is 4.87. The summed E-state index contributed by atoms with van der Waals surface area (Å²) in [6.07, 6.45) is 3.63. The zero-order chi connectivity index (χ0) is 15.2. The number of non-ortho nitro benzene ring substituents is 1. The normalized spacial score (nSPS) is 10.8. The molecule has 1 aromatic carbocycles. The van der Waals surface area contributed by atoms with Crippen LogP contribution in [0.5, 0.6) is 0 Å². The molecule has 0 spiro atoms. The minimum atomic E-state index is -0.434. The smallest absolute Gasteiger partial charge is 0.270 e. The number of nitro groups is 1. The average molecular weight is 290 g/mol. The highest BCUT2D eigenvalue weighted by Crippen LogP contribution is 2.25. The summed E-state index contributed by atoms with van der Waals surface area (Å²) in [5.74, 6) is 0.943. The van der Waals surface area contributed by atoms with E-state index in [9.17, 15) is 10.1 Å². The Balaban J connectivity index is 2.13. The van der Waals surface area contributed by atoms with Crippen LogP contribution in [0.25, 0.3) is 11.4 Å². The van der Waals surface area contributed by atoms with E-state index in [1.807, 2.05) is 6.92 Å². The number of aryl methyl sites for hydroxylation is 2. The number of benzene rings is 1. The maximum absolute atomic E-state index is 10.8. The molecular formula is C14H18N4O3. The number of hydrogen-bond acceptors (Lipinski definition) is 6. The monoisotopic (exact) mass is 290 g/mol. The summed E-state index contributed by atoms with van der Waals surface area (Å²) in [6, 6.07) is 4.62. The van der Waals surface area contributed by atoms with Gasteiger partial charge in [0.05, 0.1) is 4.92 Å². The van der Waals surface area contributed by atoms with E-state index in [0.29, 0.717) is 30.2 Å². The van der Waals surface area contributed by atoms with Gasteiger partial charge in [0.2, 0.25) is 11.7 Å². The van der Waals surface area contributed by atoms with Crippen molar-refractivity contribution in [3.8, 4) is 11.4 Å². The van der Waals surface area contributed by atoms with Gasteiger partial charge in [-0.2, -0.15) is 4.98 Å². The second kappa shape index (κ2) is 6.94. The molecule has 7 heteroatoms. The summed E-state index contributed by atoms with van der Waals surface area (Å²) < 4.78 is 5.19. The Kier molecular flexibility index (Phi) is 4.99. The van der Waals surface area contributed by atoms with E-state index in [2.05, 4.69) is 10.1 Å². The average Bonchev–Trinajstić information content (AvgIpc) is 2.92. The van der Waals surface area contributed by atoms with Crippen LogP contribution in [0.15, 0.2) is 22.7 Å². The molecular weight excluding hydrogens is 272 g/mol. The molecule has 0 aliphatic carbocycles. The number of hydrogen-bond donors (Lipinski definition) is 1. The fraction of sp³-hybridized carbons (Fsp3) is 0.429. The first kappa shape index (κ1) is 15.1. The topological polar surface area (TPSA) is 108 Å². The molecule has 21 heavy (non-hydrogen) atoms. The fourth-order valence-corrected chi connectivity index (χ4v) is 2.03. The zero-order valence-electron chi connectivity index (χ0n) is 11.9. The van der Waals surface area contributed by atoms with Crippen molar-refractivity contribution >= 4 is 5.69 Å². The highest BCUT2D eigenvalue weighted by molar-refractivity contribution is 5.63. The lowest BCUT2D eigenvalue weighted by Crippen LogP contribution is -1.98. The Morgan fingerprint density at radius 1 is 1.33 bits per heavy atom. The summed E-state index contributed by atoms with van der Waals surface area (Å²) in [6.45, 7) is 2.54. The van der Waals surface area contributed by atoms with Crippen LogP contribution in [-0.4, -0.2) is 21.6 Å². The Labute approximate surface area is 122 Å². The van der Waals surface area contributed by atoms with E-state index >= 15 is 0 Å². The highest BCUT2D eigenvalue weighted by atomic mass is 16.6. The van der Waals surface area contributed by atoms with E-state index in [1.165, 1.54) is 12.1 Å². The predicted molar refractivity (Wildman–Crippen MR) is 77.7 cm³/mol. The maximum atomic E-state index is 10.8. The van der Waals surface area contributed by atoms with E-state index in [4.69, 9.17) is 10.3 Å². The second-order valence-electron chi connectivity index (χ2n) is 4.87. The van der Waals surface area contributed by atoms with E-state index < -0.39 is 4.92 Å². The van der Waals surface area contributed by atoms with Crippen LogP contribution in [-0.2, 0) is 6.42 Å². The number of rotatable bonds is 7. The summed E-state index contributed by atoms with van der Waals surface area (Å²) >= 11 is 0. The standard InChI is InChI=1S/C14H18N4O3/c1-10-6-7-11(18(19)20)9-12(10)14-16-13(21-17-14)5-3-2-4-8-15/h6-7,9H,2-5,8,15H2,1H3. The summed E-state index contributed by atoms with van der Waals surface area (Å²) in [7, 11) is 0. The van der Waals surface area contributed by atoms with Crippen molar-refractivity contribution < 1.29 is 9.45 Å². The molecule has 2 aromatic rings. The molecule has 0 fully saturated rings. The minimum absolute atomic E-state index is 0.0184. The van der Waals surface area contributed by atoms with E-state index in [1.54, 1.807) is 6.07 Å². The number of nitro benzene ring substituents is 1. The lowest BCUT2D eigenvalue weighted by atomic mass is 10.1. The lowest BCUT2D eigenvalue weighted by Gasteiger charge is -2.00. The van der Waals surface area contributed by atoms with E-state index in [-0.39, 0.29) is 5.69 Å². The zero-order valence-corrected chi connectivity index (χ0v) is 11.9. The van der Waals surface area contributed by atoms with Gasteiger partial charge in [-0.3, -0.25) is 10.1 Å². The van der Waals surface area contributed by atoms with Crippen molar-refractivity contribution in [3.63, 3.8) is 0 Å². The third-order valence-electron chi connectivity index (χ3n) is 3.24. The van der Waals surface area contributed by atoms with Crippen molar-refractivity contribution in [2.45, 2.75) is 32.6 Å². The van der Waals surface area contributed by atoms with Crippen LogP contribution in [0.3, 0.4) is 0 Å². The maximum Gasteiger partial charge on any atom is 0.270 e. The molecule has 2 N–H and O–H groups in total. The summed E-state index contributed by atoms with van der Waals surface area (Å²) in [5, 5.41) is 14.7. The molecule has 0 atom stereocenters. The fourth-order valence-electron chi connectivity index (χ4n) is 2.03. The minimum Gasteiger partial charge on any atom is -0.339 e. The summed E-state index contributed by atoms with van der Waals surface area (Å²) in [4.78, 5) is 14.7. The van der Waals surface area contributed by atoms with Crippen LogP contribution in [0.1, 0.15) is 30.7 Å². The third-order valence-corrected chi connectivity index (χ3v) is 3.24. The quantitative estimate of drug-likeness (QED) is 0.477. The molecule has 0 aliphatic rings. The Morgan fingerprint density at radius 3 is 2.86 bits per heavy atom. The highest BCUT2D eigenvalue weighted by Gasteiger charge is 2.15. The Bertz CT molecular complexity index is 624. The molecule has 1 heterocycles. The Hall–Kier alpha value is -2.28. The molecule has 0 aliphatic heterocycles. The van der Waals surface area contributed by atoms with Crippen molar-refractivity contribution in [2.24, 2.45) is 5.73 Å². The molecule has 0 saturated heterocycles.